The molecule has 0 spiro atoms. The van der Waals surface area contributed by atoms with E-state index in [0.29, 0.717) is 25.1 Å². The minimum absolute atomic E-state index is 0.489. The van der Waals surface area contributed by atoms with Crippen molar-refractivity contribution in [1.29, 1.82) is 5.41 Å². The maximum absolute atomic E-state index is 12.5. The Bertz CT molecular complexity index is 404. The summed E-state index contributed by atoms with van der Waals surface area (Å²) >= 11 is 0. The Morgan fingerprint density at radius 2 is 2.05 bits per heavy atom. The Kier molecular flexibility index (Phi) is 5.82. The molecule has 2 N–H and O–H groups in total. The Balaban J connectivity index is 2.59. The van der Waals surface area contributed by atoms with Gasteiger partial charge in [0.2, 0.25) is 0 Å². The predicted octanol–water partition coefficient (Wildman–Crippen LogP) is 2.38. The van der Waals surface area contributed by atoms with Crippen LogP contribution in [0.2, 0.25) is 0 Å². The summed E-state index contributed by atoms with van der Waals surface area (Å²) in [7, 11) is 1.81. The van der Waals surface area contributed by atoms with E-state index in [1.807, 2.05) is 7.05 Å². The number of nitrogens with one attached hydrogen (secondary N) is 2. The molecule has 0 aliphatic rings. The fourth-order valence-electron chi connectivity index (χ4n) is 1.67. The van der Waals surface area contributed by atoms with Gasteiger partial charge in [-0.1, -0.05) is 18.2 Å². The first-order valence-electron chi connectivity index (χ1n) is 6.02. The average molecular weight is 273 g/mol. The number of rotatable bonds is 7. The van der Waals surface area contributed by atoms with Crippen LogP contribution in [0.25, 0.3) is 0 Å². The van der Waals surface area contributed by atoms with E-state index in [0.717, 1.165) is 12.6 Å². The lowest BCUT2D eigenvalue weighted by molar-refractivity contribution is -0.137. The van der Waals surface area contributed by atoms with Gasteiger partial charge in [-0.15, -0.1) is 0 Å². The van der Waals surface area contributed by atoms with Crippen LogP contribution in [-0.2, 0) is 12.6 Å². The number of halogens is 3. The van der Waals surface area contributed by atoms with Gasteiger partial charge >= 0.3 is 6.18 Å². The van der Waals surface area contributed by atoms with Crippen molar-refractivity contribution in [3.05, 3.63) is 35.4 Å². The highest BCUT2D eigenvalue weighted by atomic mass is 19.4. The largest absolute Gasteiger partial charge is 0.416 e. The maximum atomic E-state index is 12.5. The van der Waals surface area contributed by atoms with Crippen molar-refractivity contribution in [2.24, 2.45) is 0 Å². The third-order valence-corrected chi connectivity index (χ3v) is 2.77. The van der Waals surface area contributed by atoms with Gasteiger partial charge < -0.3 is 10.2 Å². The molecule has 0 aliphatic heterocycles. The van der Waals surface area contributed by atoms with E-state index in [1.165, 1.54) is 18.5 Å². The third-order valence-electron chi connectivity index (χ3n) is 2.77. The summed E-state index contributed by atoms with van der Waals surface area (Å²) in [6, 6.07) is 5.33. The average Bonchev–Trinajstić information content (AvgIpc) is 2.38. The number of likely N-dealkylation sites (N-methyl/N-ethyl adjacent to an activating group) is 1. The van der Waals surface area contributed by atoms with Gasteiger partial charge in [0.15, 0.2) is 0 Å². The lowest BCUT2D eigenvalue weighted by Crippen LogP contribution is -2.31. The molecule has 0 atom stereocenters. The Hall–Kier alpha value is -1.56. The highest BCUT2D eigenvalue weighted by molar-refractivity contribution is 5.50. The van der Waals surface area contributed by atoms with Gasteiger partial charge in [0.1, 0.15) is 0 Å². The smallest absolute Gasteiger partial charge is 0.362 e. The van der Waals surface area contributed by atoms with E-state index >= 15 is 0 Å². The van der Waals surface area contributed by atoms with E-state index < -0.39 is 11.7 Å². The van der Waals surface area contributed by atoms with Crippen LogP contribution in [0.3, 0.4) is 0 Å². The van der Waals surface area contributed by atoms with Gasteiger partial charge in [-0.25, -0.2) is 0 Å². The molecule has 0 radical (unpaired) electrons. The molecule has 6 heteroatoms. The number of alkyl halides is 3. The van der Waals surface area contributed by atoms with E-state index in [4.69, 9.17) is 5.41 Å². The number of hydrogen-bond donors (Lipinski definition) is 2. The second-order valence-electron chi connectivity index (χ2n) is 4.22. The molecular formula is C13H18F3N3. The summed E-state index contributed by atoms with van der Waals surface area (Å²) in [5.74, 6) is 0. The molecule has 1 aromatic rings. The molecule has 0 aliphatic carbocycles. The zero-order valence-electron chi connectivity index (χ0n) is 10.8. The SMILES string of the molecule is CNCCN(C=N)CCc1cccc(C(F)(F)F)c1. The second-order valence-corrected chi connectivity index (χ2v) is 4.22. The normalized spacial score (nSPS) is 11.4. The molecule has 0 bridgehead atoms. The standard InChI is InChI=1S/C13H18F3N3/c1-18-6-8-19(10-17)7-5-11-3-2-4-12(9-11)13(14,15)16/h2-4,9-10,17-18H,5-8H2,1H3. The molecule has 0 heterocycles. The Morgan fingerprint density at radius 3 is 2.63 bits per heavy atom. The fraction of sp³-hybridized carbons (Fsp3) is 0.462. The number of benzene rings is 1. The van der Waals surface area contributed by atoms with Gasteiger partial charge in [-0.2, -0.15) is 13.2 Å². The fourth-order valence-corrected chi connectivity index (χ4v) is 1.67. The highest BCUT2D eigenvalue weighted by Crippen LogP contribution is 2.29. The zero-order valence-corrected chi connectivity index (χ0v) is 10.8. The topological polar surface area (TPSA) is 39.1 Å². The van der Waals surface area contributed by atoms with Crippen molar-refractivity contribution in [3.8, 4) is 0 Å². The quantitative estimate of drug-likeness (QED) is 0.591. The molecule has 0 saturated heterocycles. The minimum atomic E-state index is -4.30. The van der Waals surface area contributed by atoms with Crippen LogP contribution in [-0.4, -0.2) is 37.9 Å². The Morgan fingerprint density at radius 1 is 1.32 bits per heavy atom. The van der Waals surface area contributed by atoms with E-state index in [9.17, 15) is 13.2 Å². The molecular weight excluding hydrogens is 255 g/mol. The third kappa shape index (κ3) is 5.30. The van der Waals surface area contributed by atoms with Crippen LogP contribution in [0, 0.1) is 5.41 Å². The second kappa shape index (κ2) is 7.13. The maximum Gasteiger partial charge on any atom is 0.416 e. The zero-order chi connectivity index (χ0) is 14.3. The molecule has 1 aromatic carbocycles. The van der Waals surface area contributed by atoms with Crippen molar-refractivity contribution in [3.63, 3.8) is 0 Å². The van der Waals surface area contributed by atoms with E-state index in [1.54, 1.807) is 11.0 Å². The van der Waals surface area contributed by atoms with Gasteiger partial charge in [0.25, 0.3) is 0 Å². The van der Waals surface area contributed by atoms with Crippen molar-refractivity contribution in [2.75, 3.05) is 26.7 Å². The summed E-state index contributed by atoms with van der Waals surface area (Å²) < 4.78 is 37.6. The molecule has 1 rings (SSSR count). The molecule has 106 valence electrons. The van der Waals surface area contributed by atoms with Gasteiger partial charge in [0.05, 0.1) is 11.9 Å². The molecule has 0 fully saturated rings. The summed E-state index contributed by atoms with van der Waals surface area (Å²) in [4.78, 5) is 1.76. The lowest BCUT2D eigenvalue weighted by atomic mass is 10.1. The Labute approximate surface area is 110 Å². The summed E-state index contributed by atoms with van der Waals surface area (Å²) in [5, 5.41) is 10.2. The van der Waals surface area contributed by atoms with Crippen molar-refractivity contribution in [2.45, 2.75) is 12.6 Å². The number of hydrogen-bond acceptors (Lipinski definition) is 2. The van der Waals surface area contributed by atoms with Crippen LogP contribution in [0.15, 0.2) is 24.3 Å². The van der Waals surface area contributed by atoms with Crippen molar-refractivity contribution >= 4 is 6.34 Å². The summed E-state index contributed by atoms with van der Waals surface area (Å²) in [6.45, 7) is 1.93. The first kappa shape index (κ1) is 15.5. The van der Waals surface area contributed by atoms with Crippen LogP contribution in [0.5, 0.6) is 0 Å². The molecule has 0 unspecified atom stereocenters. The first-order valence-corrected chi connectivity index (χ1v) is 6.02. The van der Waals surface area contributed by atoms with Crippen LogP contribution >= 0.6 is 0 Å². The minimum Gasteiger partial charge on any atom is -0.362 e. The molecule has 19 heavy (non-hydrogen) atoms. The highest BCUT2D eigenvalue weighted by Gasteiger charge is 2.30. The van der Waals surface area contributed by atoms with Gasteiger partial charge in [0, 0.05) is 19.6 Å². The molecule has 3 nitrogen and oxygen atoms in total. The van der Waals surface area contributed by atoms with Crippen LogP contribution < -0.4 is 5.32 Å². The molecule has 0 saturated carbocycles. The molecule has 0 aromatic heterocycles. The van der Waals surface area contributed by atoms with E-state index in [-0.39, 0.29) is 0 Å². The van der Waals surface area contributed by atoms with Crippen LogP contribution in [0.1, 0.15) is 11.1 Å². The van der Waals surface area contributed by atoms with Crippen molar-refractivity contribution < 1.29 is 13.2 Å². The van der Waals surface area contributed by atoms with Crippen LogP contribution in [0.4, 0.5) is 13.2 Å². The number of nitrogens with zero attached hydrogens (tertiary/aromatic N) is 1. The first-order chi connectivity index (χ1) is 8.97. The molecule has 0 amide bonds. The predicted molar refractivity (Wildman–Crippen MR) is 69.4 cm³/mol. The van der Waals surface area contributed by atoms with Crippen molar-refractivity contribution in [1.82, 2.24) is 10.2 Å². The van der Waals surface area contributed by atoms with Gasteiger partial charge in [-0.05, 0) is 25.1 Å². The summed E-state index contributed by atoms with van der Waals surface area (Å²) in [5.41, 5.74) is 0.00719. The monoisotopic (exact) mass is 273 g/mol. The lowest BCUT2D eigenvalue weighted by Gasteiger charge is -2.18. The summed E-state index contributed by atoms with van der Waals surface area (Å²) in [6.07, 6.45) is -2.60. The van der Waals surface area contributed by atoms with E-state index in [2.05, 4.69) is 5.32 Å². The van der Waals surface area contributed by atoms with Gasteiger partial charge in [-0.3, -0.25) is 5.41 Å².